The molecule has 1 N–H and O–H groups in total. The van der Waals surface area contributed by atoms with E-state index in [1.54, 1.807) is 25.2 Å². The molecule has 0 saturated heterocycles. The number of thioether (sulfide) groups is 1. The highest BCUT2D eigenvalue weighted by atomic mass is 32.2. The standard InChI is InChI=1S/C23H25N5O5S/c1-27-20-18(22(30)28(2)23(27)31)21(26-19(25-20)13-6-4-3-5-7-13)34-11-17(29)24-14-8-9-15-16(10-14)33-12-32-15/h8-10,13H,3-7,11-12H2,1-2H3,(H,24,29). The highest BCUT2D eigenvalue weighted by Crippen LogP contribution is 2.35. The number of carbonyl (C=O) groups is 1. The highest BCUT2D eigenvalue weighted by Gasteiger charge is 2.24. The van der Waals surface area contributed by atoms with Crippen LogP contribution >= 0.6 is 11.8 Å². The number of hydrogen-bond acceptors (Lipinski definition) is 8. The van der Waals surface area contributed by atoms with Crippen molar-refractivity contribution >= 4 is 34.4 Å². The summed E-state index contributed by atoms with van der Waals surface area (Å²) in [6.45, 7) is 0.157. The van der Waals surface area contributed by atoms with E-state index < -0.39 is 11.2 Å². The number of aryl methyl sites for hydroxylation is 1. The highest BCUT2D eigenvalue weighted by molar-refractivity contribution is 8.00. The minimum absolute atomic E-state index is 0.0384. The summed E-state index contributed by atoms with van der Waals surface area (Å²) in [5, 5.41) is 3.51. The lowest BCUT2D eigenvalue weighted by atomic mass is 9.89. The molecule has 3 heterocycles. The maximum absolute atomic E-state index is 13.0. The third-order valence-electron chi connectivity index (χ3n) is 6.25. The van der Waals surface area contributed by atoms with Gasteiger partial charge in [0.25, 0.3) is 5.56 Å². The molecule has 0 radical (unpaired) electrons. The minimum atomic E-state index is -0.466. The molecule has 11 heteroatoms. The average Bonchev–Trinajstić information content (AvgIpc) is 3.33. The van der Waals surface area contributed by atoms with Gasteiger partial charge in [-0.1, -0.05) is 31.0 Å². The number of carbonyl (C=O) groups excluding carboxylic acids is 1. The summed E-state index contributed by atoms with van der Waals surface area (Å²) in [7, 11) is 3.03. The Labute approximate surface area is 199 Å². The van der Waals surface area contributed by atoms with E-state index in [4.69, 9.17) is 14.5 Å². The van der Waals surface area contributed by atoms with Gasteiger partial charge in [-0.2, -0.15) is 0 Å². The SMILES string of the molecule is Cn1c(=O)c2c(SCC(=O)Nc3ccc4c(c3)OCO4)nc(C3CCCCC3)nc2n(C)c1=O. The summed E-state index contributed by atoms with van der Waals surface area (Å²) in [6, 6.07) is 5.18. The van der Waals surface area contributed by atoms with Crippen molar-refractivity contribution in [3.63, 3.8) is 0 Å². The number of rotatable bonds is 5. The first-order valence-corrected chi connectivity index (χ1v) is 12.2. The second-order valence-electron chi connectivity index (χ2n) is 8.53. The summed E-state index contributed by atoms with van der Waals surface area (Å²) in [5.74, 6) is 1.81. The molecule has 1 aliphatic carbocycles. The van der Waals surface area contributed by atoms with E-state index in [-0.39, 0.29) is 29.8 Å². The summed E-state index contributed by atoms with van der Waals surface area (Å²) < 4.78 is 13.1. The summed E-state index contributed by atoms with van der Waals surface area (Å²) in [4.78, 5) is 47.6. The predicted molar refractivity (Wildman–Crippen MR) is 128 cm³/mol. The molecule has 1 aromatic carbocycles. The third-order valence-corrected chi connectivity index (χ3v) is 7.23. The topological polar surface area (TPSA) is 117 Å². The molecule has 3 aromatic rings. The first kappa shape index (κ1) is 22.5. The van der Waals surface area contributed by atoms with Crippen LogP contribution in [0.2, 0.25) is 0 Å². The van der Waals surface area contributed by atoms with Gasteiger partial charge < -0.3 is 14.8 Å². The number of hydrogen-bond donors (Lipinski definition) is 1. The van der Waals surface area contributed by atoms with Crippen molar-refractivity contribution in [2.24, 2.45) is 14.1 Å². The number of nitrogens with one attached hydrogen (secondary N) is 1. The molecule has 178 valence electrons. The second-order valence-corrected chi connectivity index (χ2v) is 9.50. The quantitative estimate of drug-likeness (QED) is 0.435. The van der Waals surface area contributed by atoms with Gasteiger partial charge >= 0.3 is 5.69 Å². The van der Waals surface area contributed by atoms with Gasteiger partial charge in [-0.3, -0.25) is 18.7 Å². The van der Waals surface area contributed by atoms with Crippen LogP contribution in [0.4, 0.5) is 5.69 Å². The normalized spacial score (nSPS) is 15.6. The Morgan fingerprint density at radius 2 is 1.85 bits per heavy atom. The molecule has 1 amide bonds. The molecular formula is C23H25N5O5S. The van der Waals surface area contributed by atoms with E-state index in [2.05, 4.69) is 10.3 Å². The molecule has 34 heavy (non-hydrogen) atoms. The summed E-state index contributed by atoms with van der Waals surface area (Å²) in [5.41, 5.74) is -0.0137. The Kier molecular flexibility index (Phi) is 6.03. The Balaban J connectivity index is 1.45. The summed E-state index contributed by atoms with van der Waals surface area (Å²) in [6.07, 6.45) is 5.33. The Morgan fingerprint density at radius 1 is 1.09 bits per heavy atom. The largest absolute Gasteiger partial charge is 0.454 e. The summed E-state index contributed by atoms with van der Waals surface area (Å²) >= 11 is 1.17. The zero-order valence-corrected chi connectivity index (χ0v) is 19.8. The van der Waals surface area contributed by atoms with Crippen LogP contribution < -0.4 is 26.0 Å². The van der Waals surface area contributed by atoms with Crippen LogP contribution in [0.3, 0.4) is 0 Å². The van der Waals surface area contributed by atoms with Gasteiger partial charge in [0, 0.05) is 31.8 Å². The van der Waals surface area contributed by atoms with Gasteiger partial charge in [0.2, 0.25) is 12.7 Å². The Morgan fingerprint density at radius 3 is 2.65 bits per heavy atom. The van der Waals surface area contributed by atoms with Crippen LogP contribution in [-0.2, 0) is 18.9 Å². The number of nitrogens with zero attached hydrogens (tertiary/aromatic N) is 4. The Bertz CT molecular complexity index is 1390. The number of benzene rings is 1. The van der Waals surface area contributed by atoms with Crippen LogP contribution in [0.15, 0.2) is 32.8 Å². The van der Waals surface area contributed by atoms with Gasteiger partial charge in [0.15, 0.2) is 17.1 Å². The second kappa shape index (κ2) is 9.13. The van der Waals surface area contributed by atoms with Crippen molar-refractivity contribution in [3.05, 3.63) is 44.9 Å². The first-order valence-electron chi connectivity index (χ1n) is 11.2. The van der Waals surface area contributed by atoms with E-state index in [1.807, 2.05) is 0 Å². The van der Waals surface area contributed by atoms with Crippen LogP contribution in [0, 0.1) is 0 Å². The molecule has 0 bridgehead atoms. The van der Waals surface area contributed by atoms with Gasteiger partial charge in [-0.25, -0.2) is 14.8 Å². The van der Waals surface area contributed by atoms with Crippen molar-refractivity contribution in [2.75, 3.05) is 17.9 Å². The molecular weight excluding hydrogens is 458 g/mol. The number of ether oxygens (including phenoxy) is 2. The number of amides is 1. The first-order chi connectivity index (χ1) is 16.4. The zero-order valence-electron chi connectivity index (χ0n) is 19.0. The Hall–Kier alpha value is -3.34. The molecule has 1 aliphatic heterocycles. The minimum Gasteiger partial charge on any atom is -0.454 e. The van der Waals surface area contributed by atoms with Gasteiger partial charge in [0.05, 0.1) is 5.75 Å². The van der Waals surface area contributed by atoms with Crippen molar-refractivity contribution in [2.45, 2.75) is 43.0 Å². The molecule has 2 aliphatic rings. The molecule has 1 saturated carbocycles. The smallest absolute Gasteiger partial charge is 0.332 e. The zero-order chi connectivity index (χ0) is 23.8. The maximum atomic E-state index is 13.0. The molecule has 2 aromatic heterocycles. The molecule has 0 unspecified atom stereocenters. The fourth-order valence-corrected chi connectivity index (χ4v) is 5.22. The van der Waals surface area contributed by atoms with E-state index >= 15 is 0 Å². The van der Waals surface area contributed by atoms with Gasteiger partial charge in [-0.15, -0.1) is 0 Å². The third kappa shape index (κ3) is 4.15. The van der Waals surface area contributed by atoms with Gasteiger partial charge in [0.1, 0.15) is 16.2 Å². The van der Waals surface area contributed by atoms with E-state index in [9.17, 15) is 14.4 Å². The van der Waals surface area contributed by atoms with E-state index in [0.29, 0.717) is 33.7 Å². The average molecular weight is 484 g/mol. The number of anilines is 1. The number of fused-ring (bicyclic) bond motifs is 2. The van der Waals surface area contributed by atoms with Crippen LogP contribution in [-0.4, -0.2) is 37.6 Å². The molecule has 1 fully saturated rings. The number of aromatic nitrogens is 4. The van der Waals surface area contributed by atoms with Crippen molar-refractivity contribution in [1.29, 1.82) is 0 Å². The molecule has 10 nitrogen and oxygen atoms in total. The van der Waals surface area contributed by atoms with Crippen molar-refractivity contribution in [3.8, 4) is 11.5 Å². The molecule has 0 atom stereocenters. The van der Waals surface area contributed by atoms with Crippen molar-refractivity contribution in [1.82, 2.24) is 19.1 Å². The van der Waals surface area contributed by atoms with Crippen LogP contribution in [0.1, 0.15) is 43.8 Å². The van der Waals surface area contributed by atoms with Crippen molar-refractivity contribution < 1.29 is 14.3 Å². The lowest BCUT2D eigenvalue weighted by Crippen LogP contribution is -2.38. The molecule has 5 rings (SSSR count). The maximum Gasteiger partial charge on any atom is 0.332 e. The van der Waals surface area contributed by atoms with Crippen LogP contribution in [0.25, 0.3) is 11.0 Å². The lowest BCUT2D eigenvalue weighted by Gasteiger charge is -2.21. The fourth-order valence-electron chi connectivity index (χ4n) is 4.40. The predicted octanol–water partition coefficient (Wildman–Crippen LogP) is 2.53. The lowest BCUT2D eigenvalue weighted by molar-refractivity contribution is -0.113. The van der Waals surface area contributed by atoms with E-state index in [0.717, 1.165) is 30.3 Å². The fraction of sp³-hybridized carbons (Fsp3) is 0.435. The molecule has 0 spiro atoms. The monoisotopic (exact) mass is 483 g/mol. The van der Waals surface area contributed by atoms with Gasteiger partial charge in [-0.05, 0) is 25.0 Å². The van der Waals surface area contributed by atoms with E-state index in [1.165, 1.54) is 29.8 Å². The van der Waals surface area contributed by atoms with Crippen LogP contribution in [0.5, 0.6) is 11.5 Å².